The van der Waals surface area contributed by atoms with Gasteiger partial charge in [-0.2, -0.15) is 0 Å². The lowest BCUT2D eigenvalue weighted by Gasteiger charge is -2.18. The van der Waals surface area contributed by atoms with Gasteiger partial charge < -0.3 is 11.1 Å². The standard InChI is InChI=1S/C28H39N3O4/c29-26(32)21-20-25(28(34)31-35-22-24-17-11-7-12-18-24)30-27(33)19-13-5-3-1-2-4-8-14-23-15-9-6-10-16-23/h6-7,9-12,15-18,25H,1-5,8,13-14,19-22H2,(H2,29,32)(H,30,33)(H,31,34)/t25-/m1/s1. The first-order valence-corrected chi connectivity index (χ1v) is 12.6. The Balaban J connectivity index is 1.58. The second-order valence-corrected chi connectivity index (χ2v) is 8.83. The van der Waals surface area contributed by atoms with E-state index < -0.39 is 17.9 Å². The summed E-state index contributed by atoms with van der Waals surface area (Å²) in [6.45, 7) is 0.204. The molecule has 0 aliphatic heterocycles. The third-order valence-electron chi connectivity index (χ3n) is 5.80. The summed E-state index contributed by atoms with van der Waals surface area (Å²) in [5.74, 6) is -1.22. The molecule has 0 radical (unpaired) electrons. The minimum absolute atomic E-state index is 0.00131. The highest BCUT2D eigenvalue weighted by atomic mass is 16.6. The lowest BCUT2D eigenvalue weighted by Crippen LogP contribution is -2.47. The maximum absolute atomic E-state index is 12.5. The SMILES string of the molecule is NC(=O)CC[C@@H](NC(=O)CCCCCCCCCc1ccccc1)C(=O)NOCc1ccccc1. The van der Waals surface area contributed by atoms with Crippen molar-refractivity contribution in [3.05, 3.63) is 71.8 Å². The highest BCUT2D eigenvalue weighted by Gasteiger charge is 2.21. The van der Waals surface area contributed by atoms with Crippen molar-refractivity contribution in [3.63, 3.8) is 0 Å². The van der Waals surface area contributed by atoms with E-state index in [0.717, 1.165) is 31.2 Å². The van der Waals surface area contributed by atoms with Crippen molar-refractivity contribution < 1.29 is 19.2 Å². The van der Waals surface area contributed by atoms with E-state index in [9.17, 15) is 14.4 Å². The molecular formula is C28H39N3O4. The van der Waals surface area contributed by atoms with Gasteiger partial charge in [-0.05, 0) is 36.8 Å². The second-order valence-electron chi connectivity index (χ2n) is 8.83. The fourth-order valence-electron chi connectivity index (χ4n) is 3.80. The predicted octanol–water partition coefficient (Wildman–Crippen LogP) is 4.35. The monoisotopic (exact) mass is 481 g/mol. The largest absolute Gasteiger partial charge is 0.370 e. The molecule has 0 aliphatic carbocycles. The number of unbranched alkanes of at least 4 members (excludes halogenated alkanes) is 6. The summed E-state index contributed by atoms with van der Waals surface area (Å²) in [4.78, 5) is 41.3. The molecule has 1 atom stereocenters. The van der Waals surface area contributed by atoms with Gasteiger partial charge in [-0.1, -0.05) is 92.8 Å². The van der Waals surface area contributed by atoms with Crippen LogP contribution in [0.1, 0.15) is 75.3 Å². The van der Waals surface area contributed by atoms with Gasteiger partial charge in [0.15, 0.2) is 0 Å². The number of benzene rings is 2. The Hall–Kier alpha value is -3.19. The molecule has 0 fully saturated rings. The Morgan fingerprint density at radius 2 is 1.31 bits per heavy atom. The van der Waals surface area contributed by atoms with E-state index in [-0.39, 0.29) is 25.4 Å². The number of amides is 3. The molecule has 35 heavy (non-hydrogen) atoms. The summed E-state index contributed by atoms with van der Waals surface area (Å²) < 4.78 is 0. The predicted molar refractivity (Wildman–Crippen MR) is 137 cm³/mol. The van der Waals surface area contributed by atoms with Crippen molar-refractivity contribution in [3.8, 4) is 0 Å². The average molecular weight is 482 g/mol. The Morgan fingerprint density at radius 1 is 0.743 bits per heavy atom. The van der Waals surface area contributed by atoms with Crippen molar-refractivity contribution in [2.24, 2.45) is 5.73 Å². The summed E-state index contributed by atoms with van der Waals surface area (Å²) in [6.07, 6.45) is 9.24. The van der Waals surface area contributed by atoms with Crippen LogP contribution in [-0.2, 0) is 32.2 Å². The molecule has 7 nitrogen and oxygen atoms in total. The molecule has 0 aromatic heterocycles. The first-order chi connectivity index (χ1) is 17.0. The number of rotatable bonds is 18. The summed E-state index contributed by atoms with van der Waals surface area (Å²) in [7, 11) is 0. The number of hydroxylamine groups is 1. The molecule has 2 aromatic rings. The first kappa shape index (κ1) is 28.1. The number of carbonyl (C=O) groups is 3. The number of nitrogens with two attached hydrogens (primary N) is 1. The highest BCUT2D eigenvalue weighted by Crippen LogP contribution is 2.11. The summed E-state index contributed by atoms with van der Waals surface area (Å²) in [5.41, 5.74) is 9.88. The van der Waals surface area contributed by atoms with E-state index >= 15 is 0 Å². The maximum Gasteiger partial charge on any atom is 0.266 e. The Labute approximate surface area is 208 Å². The number of hydrogen-bond donors (Lipinski definition) is 3. The normalized spacial score (nSPS) is 11.5. The van der Waals surface area contributed by atoms with Crippen LogP contribution in [0.2, 0.25) is 0 Å². The minimum Gasteiger partial charge on any atom is -0.370 e. The number of carbonyl (C=O) groups excluding carboxylic acids is 3. The molecule has 2 aromatic carbocycles. The molecule has 3 amide bonds. The molecule has 4 N–H and O–H groups in total. The van der Waals surface area contributed by atoms with Crippen molar-refractivity contribution in [2.45, 2.75) is 83.3 Å². The number of nitrogens with one attached hydrogen (secondary N) is 2. The van der Waals surface area contributed by atoms with Gasteiger partial charge in [-0.15, -0.1) is 0 Å². The molecule has 0 bridgehead atoms. The van der Waals surface area contributed by atoms with Gasteiger partial charge >= 0.3 is 0 Å². The third-order valence-corrected chi connectivity index (χ3v) is 5.80. The van der Waals surface area contributed by atoms with Crippen LogP contribution in [0.15, 0.2) is 60.7 Å². The summed E-state index contributed by atoms with van der Waals surface area (Å²) in [5, 5.41) is 2.72. The molecule has 0 spiro atoms. The van der Waals surface area contributed by atoms with Gasteiger partial charge in [0.1, 0.15) is 6.04 Å². The van der Waals surface area contributed by atoms with E-state index in [1.165, 1.54) is 31.2 Å². The van der Waals surface area contributed by atoms with Crippen LogP contribution >= 0.6 is 0 Å². The van der Waals surface area contributed by atoms with E-state index in [4.69, 9.17) is 10.6 Å². The highest BCUT2D eigenvalue weighted by molar-refractivity contribution is 5.87. The smallest absolute Gasteiger partial charge is 0.266 e. The average Bonchev–Trinajstić information content (AvgIpc) is 2.86. The van der Waals surface area contributed by atoms with Gasteiger partial charge in [0.05, 0.1) is 6.61 Å². The van der Waals surface area contributed by atoms with E-state index in [0.29, 0.717) is 6.42 Å². The summed E-state index contributed by atoms with van der Waals surface area (Å²) >= 11 is 0. The van der Waals surface area contributed by atoms with Gasteiger partial charge in [-0.25, -0.2) is 5.48 Å². The Bertz CT molecular complexity index is 874. The Kier molecular flexibility index (Phi) is 13.8. The van der Waals surface area contributed by atoms with Crippen molar-refractivity contribution in [2.75, 3.05) is 0 Å². The van der Waals surface area contributed by atoms with Crippen LogP contribution in [0.5, 0.6) is 0 Å². The molecule has 190 valence electrons. The number of aryl methyl sites for hydroxylation is 1. The first-order valence-electron chi connectivity index (χ1n) is 12.6. The number of hydrogen-bond acceptors (Lipinski definition) is 4. The molecule has 0 unspecified atom stereocenters. The number of primary amides is 1. The fraction of sp³-hybridized carbons (Fsp3) is 0.464. The molecule has 2 rings (SSSR count). The zero-order valence-corrected chi connectivity index (χ0v) is 20.5. The maximum atomic E-state index is 12.5. The molecule has 0 saturated carbocycles. The third kappa shape index (κ3) is 13.3. The minimum atomic E-state index is -0.865. The van der Waals surface area contributed by atoms with Gasteiger partial charge in [0.2, 0.25) is 11.8 Å². The van der Waals surface area contributed by atoms with E-state index in [1.807, 2.05) is 36.4 Å². The summed E-state index contributed by atoms with van der Waals surface area (Å²) in [6, 6.07) is 19.1. The molecule has 0 aliphatic rings. The van der Waals surface area contributed by atoms with E-state index in [1.54, 1.807) is 0 Å². The molecule has 0 saturated heterocycles. The quantitative estimate of drug-likeness (QED) is 0.217. The van der Waals surface area contributed by atoms with Crippen LogP contribution in [0, 0.1) is 0 Å². The van der Waals surface area contributed by atoms with Crippen molar-refractivity contribution in [1.29, 1.82) is 0 Å². The van der Waals surface area contributed by atoms with Gasteiger partial charge in [0, 0.05) is 12.8 Å². The van der Waals surface area contributed by atoms with E-state index in [2.05, 4.69) is 35.1 Å². The zero-order chi connectivity index (χ0) is 25.1. The van der Waals surface area contributed by atoms with Crippen LogP contribution in [0.4, 0.5) is 0 Å². The topological polar surface area (TPSA) is 111 Å². The zero-order valence-electron chi connectivity index (χ0n) is 20.5. The van der Waals surface area contributed by atoms with Crippen molar-refractivity contribution in [1.82, 2.24) is 10.8 Å². The van der Waals surface area contributed by atoms with Crippen LogP contribution in [-0.4, -0.2) is 23.8 Å². The van der Waals surface area contributed by atoms with Crippen LogP contribution in [0.3, 0.4) is 0 Å². The molecule has 7 heteroatoms. The molecule has 0 heterocycles. The van der Waals surface area contributed by atoms with Gasteiger partial charge in [0.25, 0.3) is 5.91 Å². The van der Waals surface area contributed by atoms with Crippen molar-refractivity contribution >= 4 is 17.7 Å². The van der Waals surface area contributed by atoms with Crippen LogP contribution < -0.4 is 16.5 Å². The lowest BCUT2D eigenvalue weighted by atomic mass is 10.0. The fourth-order valence-corrected chi connectivity index (χ4v) is 3.80. The van der Waals surface area contributed by atoms with Gasteiger partial charge in [-0.3, -0.25) is 19.2 Å². The Morgan fingerprint density at radius 3 is 1.94 bits per heavy atom. The van der Waals surface area contributed by atoms with Crippen LogP contribution in [0.25, 0.3) is 0 Å². The molecular weight excluding hydrogens is 442 g/mol. The second kappa shape index (κ2) is 17.3. The lowest BCUT2D eigenvalue weighted by molar-refractivity contribution is -0.139.